The van der Waals surface area contributed by atoms with Crippen molar-refractivity contribution >= 4 is 17.2 Å². The second-order valence-corrected chi connectivity index (χ2v) is 9.87. The maximum atomic E-state index is 6.36. The number of piperidine rings is 1. The van der Waals surface area contributed by atoms with Crippen molar-refractivity contribution in [3.05, 3.63) is 105 Å². The quantitative estimate of drug-likeness (QED) is 0.343. The van der Waals surface area contributed by atoms with E-state index in [4.69, 9.17) is 21.0 Å². The van der Waals surface area contributed by atoms with E-state index in [-0.39, 0.29) is 0 Å². The molecule has 0 spiro atoms. The maximum Gasteiger partial charge on any atom is 0.247 e. The molecule has 1 aliphatic heterocycles. The fourth-order valence-corrected chi connectivity index (χ4v) is 5.46. The number of fused-ring (bicyclic) bond motifs is 2. The molecular weight excluding hydrogens is 456 g/mol. The predicted octanol–water partition coefficient (Wildman–Crippen LogP) is 6.29. The van der Waals surface area contributed by atoms with Crippen molar-refractivity contribution in [1.82, 2.24) is 20.1 Å². The summed E-state index contributed by atoms with van der Waals surface area (Å²) < 4.78 is 5.99. The number of hydrogen-bond donors (Lipinski definition) is 0. The van der Waals surface area contributed by atoms with Crippen LogP contribution in [0, 0.1) is 6.92 Å². The number of halogens is 1. The lowest BCUT2D eigenvalue weighted by atomic mass is 9.88. The van der Waals surface area contributed by atoms with Crippen LogP contribution >= 0.6 is 11.6 Å². The van der Waals surface area contributed by atoms with Gasteiger partial charge in [-0.25, -0.2) is 0 Å². The van der Waals surface area contributed by atoms with E-state index in [2.05, 4.69) is 52.4 Å². The van der Waals surface area contributed by atoms with Gasteiger partial charge in [0.05, 0.1) is 12.2 Å². The minimum atomic E-state index is 0.583. The summed E-state index contributed by atoms with van der Waals surface area (Å²) in [7, 11) is 0. The number of nitrogens with zero attached hydrogens (tertiary/aromatic N) is 4. The first-order chi connectivity index (χ1) is 17.1. The van der Waals surface area contributed by atoms with Gasteiger partial charge in [0.2, 0.25) is 11.8 Å². The summed E-state index contributed by atoms with van der Waals surface area (Å²) in [4.78, 5) is 7.24. The van der Waals surface area contributed by atoms with Gasteiger partial charge in [0.25, 0.3) is 0 Å². The van der Waals surface area contributed by atoms with Crippen molar-refractivity contribution in [1.29, 1.82) is 0 Å². The molecule has 3 heterocycles. The van der Waals surface area contributed by atoms with Gasteiger partial charge in [0.15, 0.2) is 0 Å². The molecule has 4 aromatic rings. The number of aromatic nitrogens is 3. The Balaban J connectivity index is 1.24. The van der Waals surface area contributed by atoms with Crippen molar-refractivity contribution in [2.45, 2.75) is 39.2 Å². The summed E-state index contributed by atoms with van der Waals surface area (Å²) in [5.74, 6) is 1.25. The smallest absolute Gasteiger partial charge is 0.247 e. The average molecular weight is 483 g/mol. The fourth-order valence-electron chi connectivity index (χ4n) is 5.27. The Labute approximate surface area is 210 Å². The van der Waals surface area contributed by atoms with Gasteiger partial charge in [0.1, 0.15) is 0 Å². The highest BCUT2D eigenvalue weighted by molar-refractivity contribution is 6.30. The molecule has 0 bridgehead atoms. The Kier molecular flexibility index (Phi) is 5.96. The number of rotatable bonds is 3. The molecule has 0 atom stereocenters. The largest absolute Gasteiger partial charge is 0.419 e. The molecule has 0 amide bonds. The normalized spacial score (nSPS) is 16.1. The van der Waals surface area contributed by atoms with Gasteiger partial charge in [-0.15, -0.1) is 10.2 Å². The van der Waals surface area contributed by atoms with Crippen LogP contribution in [-0.2, 0) is 19.4 Å². The summed E-state index contributed by atoms with van der Waals surface area (Å²) in [6.45, 7) is 4.64. The van der Waals surface area contributed by atoms with E-state index >= 15 is 0 Å². The van der Waals surface area contributed by atoms with Gasteiger partial charge in [-0.05, 0) is 79.6 Å². The molecule has 0 unspecified atom stereocenters. The minimum absolute atomic E-state index is 0.583. The van der Waals surface area contributed by atoms with Crippen LogP contribution < -0.4 is 0 Å². The Morgan fingerprint density at radius 2 is 1.77 bits per heavy atom. The van der Waals surface area contributed by atoms with Gasteiger partial charge in [-0.1, -0.05) is 47.0 Å². The second kappa shape index (κ2) is 9.40. The highest BCUT2D eigenvalue weighted by Gasteiger charge is 2.25. The first kappa shape index (κ1) is 22.2. The molecule has 6 heteroatoms. The van der Waals surface area contributed by atoms with E-state index in [9.17, 15) is 0 Å². The van der Waals surface area contributed by atoms with Crippen molar-refractivity contribution in [2.24, 2.45) is 0 Å². The third kappa shape index (κ3) is 4.54. The monoisotopic (exact) mass is 482 g/mol. The summed E-state index contributed by atoms with van der Waals surface area (Å²) in [5, 5.41) is 9.39. The Morgan fingerprint density at radius 1 is 0.914 bits per heavy atom. The highest BCUT2D eigenvalue weighted by Crippen LogP contribution is 2.38. The van der Waals surface area contributed by atoms with E-state index in [1.165, 1.54) is 33.4 Å². The van der Waals surface area contributed by atoms with E-state index in [1.807, 2.05) is 30.5 Å². The molecule has 0 radical (unpaired) electrons. The molecule has 6 rings (SSSR count). The van der Waals surface area contributed by atoms with E-state index in [1.54, 1.807) is 0 Å². The zero-order valence-corrected chi connectivity index (χ0v) is 20.6. The van der Waals surface area contributed by atoms with E-state index in [0.717, 1.165) is 55.1 Å². The van der Waals surface area contributed by atoms with Crippen molar-refractivity contribution < 1.29 is 4.42 Å². The highest BCUT2D eigenvalue weighted by atomic mass is 35.5. The molecule has 0 saturated carbocycles. The summed E-state index contributed by atoms with van der Waals surface area (Å²) in [5.41, 5.74) is 9.98. The Hall–Kier alpha value is -3.28. The first-order valence-electron chi connectivity index (χ1n) is 12.2. The molecule has 2 aromatic heterocycles. The van der Waals surface area contributed by atoms with Crippen LogP contribution in [0.15, 0.2) is 70.8 Å². The van der Waals surface area contributed by atoms with Gasteiger partial charge < -0.3 is 4.42 Å². The number of likely N-dealkylation sites (tertiary alicyclic amines) is 1. The molecule has 2 aromatic carbocycles. The van der Waals surface area contributed by atoms with Crippen LogP contribution in [0.1, 0.15) is 46.7 Å². The lowest BCUT2D eigenvalue weighted by molar-refractivity contribution is 0.225. The molecule has 2 aliphatic rings. The summed E-state index contributed by atoms with van der Waals surface area (Å²) in [6.07, 6.45) is 5.87. The number of aryl methyl sites for hydroxylation is 3. The van der Waals surface area contributed by atoms with Crippen molar-refractivity contribution in [3.8, 4) is 11.5 Å². The first-order valence-corrected chi connectivity index (χ1v) is 12.6. The molecule has 35 heavy (non-hydrogen) atoms. The number of benzene rings is 2. The van der Waals surface area contributed by atoms with Gasteiger partial charge >= 0.3 is 0 Å². The van der Waals surface area contributed by atoms with Crippen molar-refractivity contribution in [3.63, 3.8) is 0 Å². The maximum absolute atomic E-state index is 6.36. The van der Waals surface area contributed by atoms with Crippen LogP contribution in [0.4, 0.5) is 0 Å². The molecule has 0 N–H and O–H groups in total. The second-order valence-electron chi connectivity index (χ2n) is 9.44. The zero-order valence-electron chi connectivity index (χ0n) is 19.8. The molecule has 176 valence electrons. The van der Waals surface area contributed by atoms with Gasteiger partial charge in [0, 0.05) is 35.4 Å². The third-order valence-corrected chi connectivity index (χ3v) is 7.27. The van der Waals surface area contributed by atoms with E-state index < -0.39 is 0 Å². The van der Waals surface area contributed by atoms with Crippen LogP contribution in [0.3, 0.4) is 0 Å². The lowest BCUT2D eigenvalue weighted by Gasteiger charge is -2.29. The van der Waals surface area contributed by atoms with Crippen LogP contribution in [0.2, 0.25) is 5.02 Å². The molecule has 1 saturated heterocycles. The molecule has 1 aliphatic carbocycles. The summed E-state index contributed by atoms with van der Waals surface area (Å²) >= 11 is 6.36. The van der Waals surface area contributed by atoms with Crippen LogP contribution in [-0.4, -0.2) is 33.2 Å². The average Bonchev–Trinajstić information content (AvgIpc) is 3.27. The summed E-state index contributed by atoms with van der Waals surface area (Å²) in [6, 6.07) is 18.7. The molecule has 5 nitrogen and oxygen atoms in total. The van der Waals surface area contributed by atoms with Crippen molar-refractivity contribution in [2.75, 3.05) is 13.1 Å². The predicted molar refractivity (Wildman–Crippen MR) is 138 cm³/mol. The topological polar surface area (TPSA) is 55.1 Å². The minimum Gasteiger partial charge on any atom is -0.419 e. The van der Waals surface area contributed by atoms with Gasteiger partial charge in [-0.3, -0.25) is 9.88 Å². The Bertz CT molecular complexity index is 1410. The molecular formula is C29H27ClN4O. The Morgan fingerprint density at radius 3 is 2.63 bits per heavy atom. The van der Waals surface area contributed by atoms with Crippen LogP contribution in [0.25, 0.3) is 17.0 Å². The third-order valence-electron chi connectivity index (χ3n) is 7.03. The molecule has 1 fully saturated rings. The number of hydrogen-bond acceptors (Lipinski definition) is 5. The lowest BCUT2D eigenvalue weighted by Crippen LogP contribution is -2.30. The van der Waals surface area contributed by atoms with Crippen LogP contribution in [0.5, 0.6) is 0 Å². The van der Waals surface area contributed by atoms with Gasteiger partial charge in [-0.2, -0.15) is 0 Å². The fraction of sp³-hybridized carbons (Fsp3) is 0.276. The number of pyridine rings is 1. The standard InChI is InChI=1S/C29H27ClN4O/c1-19-4-2-5-23(16-19)29-33-32-26(35-29)18-34-14-11-20(12-15-34)27-25-10-9-24(30)17-22(25)8-7-21-6-3-13-31-28(21)27/h2-6,9-10,13,16-17H,7-8,11-12,14-15,18H2,1H3. The SMILES string of the molecule is Cc1cccc(-c2nnc(CN3CCC(=C4c5ccc(Cl)cc5CCc5cccnc54)CC3)o2)c1. The zero-order chi connectivity index (χ0) is 23.8. The van der Waals surface area contributed by atoms with E-state index in [0.29, 0.717) is 18.3 Å².